The van der Waals surface area contributed by atoms with Gasteiger partial charge in [0, 0.05) is 16.2 Å². The number of benzene rings is 2. The molecule has 0 unspecified atom stereocenters. The zero-order chi connectivity index (χ0) is 17.6. The van der Waals surface area contributed by atoms with Gasteiger partial charge >= 0.3 is 0 Å². The summed E-state index contributed by atoms with van der Waals surface area (Å²) in [5, 5.41) is 2.59. The number of nitrogens with one attached hydrogen (secondary N) is 2. The highest BCUT2D eigenvalue weighted by Crippen LogP contribution is 2.16. The Morgan fingerprint density at radius 3 is 2.52 bits per heavy atom. The molecule has 0 fully saturated rings. The quantitative estimate of drug-likeness (QED) is 0.682. The minimum absolute atomic E-state index is 0.184. The number of carbonyl (C=O) groups excluding carboxylic acids is 1. The van der Waals surface area contributed by atoms with Crippen molar-refractivity contribution in [1.82, 2.24) is 4.98 Å². The van der Waals surface area contributed by atoms with Crippen LogP contribution in [-0.2, 0) is 6.61 Å². The average molecular weight is 399 g/mol. The molecule has 2 aromatic carbocycles. The summed E-state index contributed by atoms with van der Waals surface area (Å²) in [5.41, 5.74) is 1.33. The summed E-state index contributed by atoms with van der Waals surface area (Å²) in [6.07, 6.45) is 1.51. The molecule has 0 aliphatic carbocycles. The topological polar surface area (TPSA) is 71.2 Å². The monoisotopic (exact) mass is 398 g/mol. The number of anilines is 1. The van der Waals surface area contributed by atoms with Crippen LogP contribution in [0, 0.1) is 0 Å². The second kappa shape index (κ2) is 7.81. The normalized spacial score (nSPS) is 10.3. The number of aromatic amines is 1. The lowest BCUT2D eigenvalue weighted by atomic mass is 10.2. The average Bonchev–Trinajstić information content (AvgIpc) is 2.64. The van der Waals surface area contributed by atoms with E-state index in [4.69, 9.17) is 4.74 Å². The number of aromatic nitrogens is 1. The highest BCUT2D eigenvalue weighted by molar-refractivity contribution is 9.10. The molecule has 126 valence electrons. The van der Waals surface area contributed by atoms with Gasteiger partial charge in [-0.3, -0.25) is 9.59 Å². The third-order valence-electron chi connectivity index (χ3n) is 3.48. The smallest absolute Gasteiger partial charge is 0.271 e. The van der Waals surface area contributed by atoms with Crippen molar-refractivity contribution < 1.29 is 9.53 Å². The number of amides is 1. The zero-order valence-electron chi connectivity index (χ0n) is 13.2. The van der Waals surface area contributed by atoms with E-state index >= 15 is 0 Å². The molecule has 5 nitrogen and oxygen atoms in total. The largest absolute Gasteiger partial charge is 0.489 e. The van der Waals surface area contributed by atoms with E-state index in [1.165, 1.54) is 6.20 Å². The number of pyridine rings is 1. The van der Waals surface area contributed by atoms with Gasteiger partial charge in [0.2, 0.25) is 0 Å². The fourth-order valence-corrected chi connectivity index (χ4v) is 2.53. The molecule has 1 heterocycles. The van der Waals surface area contributed by atoms with E-state index in [2.05, 4.69) is 26.2 Å². The van der Waals surface area contributed by atoms with Crippen LogP contribution >= 0.6 is 15.9 Å². The van der Waals surface area contributed by atoms with Crippen LogP contribution in [0.25, 0.3) is 0 Å². The van der Waals surface area contributed by atoms with Crippen LogP contribution in [0.15, 0.2) is 76.1 Å². The third-order valence-corrected chi connectivity index (χ3v) is 3.94. The first-order chi connectivity index (χ1) is 12.1. The Balaban J connectivity index is 1.64. The van der Waals surface area contributed by atoms with Crippen LogP contribution in [0.3, 0.4) is 0 Å². The molecule has 6 heteroatoms. The van der Waals surface area contributed by atoms with Gasteiger partial charge in [0.15, 0.2) is 0 Å². The van der Waals surface area contributed by atoms with E-state index in [1.54, 1.807) is 30.3 Å². The van der Waals surface area contributed by atoms with Crippen LogP contribution in [-0.4, -0.2) is 10.9 Å². The summed E-state index contributed by atoms with van der Waals surface area (Å²) in [7, 11) is 0. The standard InChI is InChI=1S/C19H15BrN2O3/c20-15-10-17(19(24)21-11-15)22-18(23)14-6-8-16(9-7-14)25-12-13-4-2-1-3-5-13/h1-11H,12H2,(H,21,24)(H,22,23). The first kappa shape index (κ1) is 17.0. The molecule has 0 atom stereocenters. The summed E-state index contributed by atoms with van der Waals surface area (Å²) in [4.78, 5) is 26.5. The van der Waals surface area contributed by atoms with Crippen molar-refractivity contribution in [2.45, 2.75) is 6.61 Å². The van der Waals surface area contributed by atoms with Crippen molar-refractivity contribution in [3.63, 3.8) is 0 Å². The molecule has 1 amide bonds. The van der Waals surface area contributed by atoms with Crippen LogP contribution in [0.4, 0.5) is 5.69 Å². The molecular weight excluding hydrogens is 384 g/mol. The van der Waals surface area contributed by atoms with Crippen LogP contribution < -0.4 is 15.6 Å². The summed E-state index contributed by atoms with van der Waals surface area (Å²) in [6, 6.07) is 18.1. The summed E-state index contributed by atoms with van der Waals surface area (Å²) in [6.45, 7) is 0.458. The lowest BCUT2D eigenvalue weighted by molar-refractivity contribution is 0.102. The zero-order valence-corrected chi connectivity index (χ0v) is 14.7. The SMILES string of the molecule is O=C(Nc1cc(Br)c[nH]c1=O)c1ccc(OCc2ccccc2)cc1. The maximum atomic E-state index is 12.2. The van der Waals surface area contributed by atoms with Crippen molar-refractivity contribution in [2.75, 3.05) is 5.32 Å². The Hall–Kier alpha value is -2.86. The van der Waals surface area contributed by atoms with Gasteiger partial charge in [-0.1, -0.05) is 30.3 Å². The van der Waals surface area contributed by atoms with Gasteiger partial charge in [0.1, 0.15) is 18.0 Å². The molecule has 0 spiro atoms. The van der Waals surface area contributed by atoms with Crippen molar-refractivity contribution >= 4 is 27.5 Å². The Morgan fingerprint density at radius 1 is 1.08 bits per heavy atom. The van der Waals surface area contributed by atoms with E-state index < -0.39 is 0 Å². The van der Waals surface area contributed by atoms with Crippen LogP contribution in [0.5, 0.6) is 5.75 Å². The number of rotatable bonds is 5. The van der Waals surface area contributed by atoms with Gasteiger partial charge < -0.3 is 15.0 Å². The van der Waals surface area contributed by atoms with Gasteiger partial charge in [-0.2, -0.15) is 0 Å². The Bertz CT molecular complexity index is 921. The van der Waals surface area contributed by atoms with E-state index in [1.807, 2.05) is 30.3 Å². The number of halogens is 1. The van der Waals surface area contributed by atoms with Crippen molar-refractivity contribution in [3.8, 4) is 5.75 Å². The van der Waals surface area contributed by atoms with Crippen LogP contribution in [0.2, 0.25) is 0 Å². The van der Waals surface area contributed by atoms with E-state index in [0.717, 1.165) is 5.56 Å². The molecule has 0 radical (unpaired) electrons. The lowest BCUT2D eigenvalue weighted by Gasteiger charge is -2.08. The van der Waals surface area contributed by atoms with E-state index in [-0.39, 0.29) is 17.2 Å². The molecule has 1 aromatic heterocycles. The maximum Gasteiger partial charge on any atom is 0.271 e. The maximum absolute atomic E-state index is 12.2. The molecule has 3 aromatic rings. The fraction of sp³-hybridized carbons (Fsp3) is 0.0526. The molecular formula is C19H15BrN2O3. The minimum Gasteiger partial charge on any atom is -0.489 e. The van der Waals surface area contributed by atoms with E-state index in [9.17, 15) is 9.59 Å². The second-order valence-electron chi connectivity index (χ2n) is 5.31. The first-order valence-corrected chi connectivity index (χ1v) is 8.37. The predicted octanol–water partition coefficient (Wildman–Crippen LogP) is 3.97. The van der Waals surface area contributed by atoms with Crippen molar-refractivity contribution in [1.29, 1.82) is 0 Å². The molecule has 2 N–H and O–H groups in total. The molecule has 0 aliphatic heterocycles. The number of hydrogen-bond donors (Lipinski definition) is 2. The fourth-order valence-electron chi connectivity index (χ4n) is 2.19. The van der Waals surface area contributed by atoms with Crippen molar-refractivity contribution in [2.24, 2.45) is 0 Å². The molecule has 0 aliphatic rings. The second-order valence-corrected chi connectivity index (χ2v) is 6.23. The molecule has 0 saturated heterocycles. The first-order valence-electron chi connectivity index (χ1n) is 7.58. The summed E-state index contributed by atoms with van der Waals surface area (Å²) >= 11 is 3.25. The van der Waals surface area contributed by atoms with Gasteiger partial charge in [0.05, 0.1) is 0 Å². The van der Waals surface area contributed by atoms with Crippen molar-refractivity contribution in [3.05, 3.63) is 92.8 Å². The van der Waals surface area contributed by atoms with Gasteiger partial charge in [-0.25, -0.2) is 0 Å². The van der Waals surface area contributed by atoms with Gasteiger partial charge in [-0.15, -0.1) is 0 Å². The predicted molar refractivity (Wildman–Crippen MR) is 99.9 cm³/mol. The number of H-pyrrole nitrogens is 1. The number of hydrogen-bond acceptors (Lipinski definition) is 3. The number of carbonyl (C=O) groups is 1. The van der Waals surface area contributed by atoms with Crippen LogP contribution in [0.1, 0.15) is 15.9 Å². The van der Waals surface area contributed by atoms with Gasteiger partial charge in [-0.05, 0) is 51.8 Å². The third kappa shape index (κ3) is 4.58. The minimum atomic E-state index is -0.363. The van der Waals surface area contributed by atoms with E-state index in [0.29, 0.717) is 22.4 Å². The molecule has 0 bridgehead atoms. The Kier molecular flexibility index (Phi) is 5.30. The Morgan fingerprint density at radius 2 is 1.80 bits per heavy atom. The van der Waals surface area contributed by atoms with Gasteiger partial charge in [0.25, 0.3) is 11.5 Å². The summed E-state index contributed by atoms with van der Waals surface area (Å²) in [5.74, 6) is 0.305. The molecule has 25 heavy (non-hydrogen) atoms. The number of ether oxygens (including phenoxy) is 1. The highest BCUT2D eigenvalue weighted by Gasteiger charge is 2.09. The highest BCUT2D eigenvalue weighted by atomic mass is 79.9. The summed E-state index contributed by atoms with van der Waals surface area (Å²) < 4.78 is 6.36. The molecule has 3 rings (SSSR count). The molecule has 0 saturated carbocycles. The Labute approximate surface area is 152 Å². The lowest BCUT2D eigenvalue weighted by Crippen LogP contribution is -2.19.